The smallest absolute Gasteiger partial charge is 0.124 e. The van der Waals surface area contributed by atoms with Crippen LogP contribution in [-0.2, 0) is 5.41 Å². The van der Waals surface area contributed by atoms with E-state index in [0.29, 0.717) is 10.9 Å². The standard InChI is InChI=1S/C14H19ClFN/c1-3-6-17-9-14(8-10(14)2)12-5-4-11(16)7-13(12)15/h4-5,7,10,17H,3,6,8-9H2,1-2H3. The number of benzene rings is 1. The highest BCUT2D eigenvalue weighted by Crippen LogP contribution is 2.55. The van der Waals surface area contributed by atoms with Gasteiger partial charge in [-0.3, -0.25) is 0 Å². The molecule has 0 saturated heterocycles. The van der Waals surface area contributed by atoms with Gasteiger partial charge >= 0.3 is 0 Å². The molecule has 1 saturated carbocycles. The zero-order valence-electron chi connectivity index (χ0n) is 10.4. The summed E-state index contributed by atoms with van der Waals surface area (Å²) in [5.74, 6) is 0.360. The lowest BCUT2D eigenvalue weighted by Crippen LogP contribution is -2.29. The highest BCUT2D eigenvalue weighted by molar-refractivity contribution is 6.31. The van der Waals surface area contributed by atoms with Crippen molar-refractivity contribution in [2.75, 3.05) is 13.1 Å². The van der Waals surface area contributed by atoms with Crippen molar-refractivity contribution in [1.82, 2.24) is 5.32 Å². The molecule has 1 fully saturated rings. The average molecular weight is 256 g/mol. The molecule has 0 bridgehead atoms. The molecule has 1 nitrogen and oxygen atoms in total. The normalized spacial score (nSPS) is 27.2. The topological polar surface area (TPSA) is 12.0 Å². The van der Waals surface area contributed by atoms with Gasteiger partial charge < -0.3 is 5.32 Å². The second kappa shape index (κ2) is 4.95. The fourth-order valence-corrected chi connectivity index (χ4v) is 2.94. The summed E-state index contributed by atoms with van der Waals surface area (Å²) < 4.78 is 13.1. The molecular weight excluding hydrogens is 237 g/mol. The fraction of sp³-hybridized carbons (Fsp3) is 0.571. The van der Waals surface area contributed by atoms with Crippen molar-refractivity contribution < 1.29 is 4.39 Å². The third-order valence-electron chi connectivity index (χ3n) is 3.79. The summed E-state index contributed by atoms with van der Waals surface area (Å²) in [6.07, 6.45) is 2.26. The minimum atomic E-state index is -0.260. The molecule has 17 heavy (non-hydrogen) atoms. The maximum Gasteiger partial charge on any atom is 0.124 e. The van der Waals surface area contributed by atoms with E-state index in [2.05, 4.69) is 19.2 Å². The van der Waals surface area contributed by atoms with Crippen LogP contribution in [0.25, 0.3) is 0 Å². The van der Waals surface area contributed by atoms with E-state index in [4.69, 9.17) is 11.6 Å². The molecule has 2 unspecified atom stereocenters. The Balaban J connectivity index is 2.18. The summed E-state index contributed by atoms with van der Waals surface area (Å²) in [6, 6.07) is 4.77. The fourth-order valence-electron chi connectivity index (χ4n) is 2.59. The van der Waals surface area contributed by atoms with Gasteiger partial charge in [-0.05, 0) is 43.0 Å². The highest BCUT2D eigenvalue weighted by atomic mass is 35.5. The van der Waals surface area contributed by atoms with Crippen LogP contribution in [0.3, 0.4) is 0 Å². The molecule has 2 rings (SSSR count). The van der Waals surface area contributed by atoms with Crippen molar-refractivity contribution in [1.29, 1.82) is 0 Å². The molecule has 1 aliphatic rings. The molecule has 0 heterocycles. The van der Waals surface area contributed by atoms with E-state index in [-0.39, 0.29) is 11.2 Å². The van der Waals surface area contributed by atoms with Crippen molar-refractivity contribution in [3.05, 3.63) is 34.6 Å². The van der Waals surface area contributed by atoms with E-state index in [1.54, 1.807) is 0 Å². The first-order valence-corrected chi connectivity index (χ1v) is 6.64. The van der Waals surface area contributed by atoms with Crippen LogP contribution < -0.4 is 5.32 Å². The van der Waals surface area contributed by atoms with Crippen LogP contribution in [0.4, 0.5) is 4.39 Å². The summed E-state index contributed by atoms with van der Waals surface area (Å²) in [6.45, 7) is 6.34. The van der Waals surface area contributed by atoms with Crippen LogP contribution in [0.15, 0.2) is 18.2 Å². The van der Waals surface area contributed by atoms with Crippen LogP contribution in [0.1, 0.15) is 32.3 Å². The molecular formula is C14H19ClFN. The number of halogens is 2. The van der Waals surface area contributed by atoms with Gasteiger partial charge in [0.2, 0.25) is 0 Å². The van der Waals surface area contributed by atoms with Gasteiger partial charge in [-0.25, -0.2) is 4.39 Å². The molecule has 1 aromatic carbocycles. The Bertz CT molecular complexity index is 407. The van der Waals surface area contributed by atoms with Crippen molar-refractivity contribution in [3.63, 3.8) is 0 Å². The van der Waals surface area contributed by atoms with E-state index in [1.165, 1.54) is 12.1 Å². The van der Waals surface area contributed by atoms with Crippen molar-refractivity contribution in [3.8, 4) is 0 Å². The van der Waals surface area contributed by atoms with E-state index in [9.17, 15) is 4.39 Å². The highest BCUT2D eigenvalue weighted by Gasteiger charge is 2.52. The van der Waals surface area contributed by atoms with Gasteiger partial charge in [0, 0.05) is 17.0 Å². The van der Waals surface area contributed by atoms with Gasteiger partial charge in [-0.2, -0.15) is 0 Å². The summed E-state index contributed by atoms with van der Waals surface area (Å²) >= 11 is 6.16. The summed E-state index contributed by atoms with van der Waals surface area (Å²) in [7, 11) is 0. The van der Waals surface area contributed by atoms with Crippen LogP contribution in [0.5, 0.6) is 0 Å². The molecule has 0 spiro atoms. The largest absolute Gasteiger partial charge is 0.316 e. The first kappa shape index (κ1) is 12.8. The van der Waals surface area contributed by atoms with Gasteiger partial charge in [0.15, 0.2) is 0 Å². The average Bonchev–Trinajstić information content (AvgIpc) is 2.90. The molecule has 0 radical (unpaired) electrons. The quantitative estimate of drug-likeness (QED) is 0.790. The monoisotopic (exact) mass is 255 g/mol. The lowest BCUT2D eigenvalue weighted by molar-refractivity contribution is 0.540. The minimum Gasteiger partial charge on any atom is -0.316 e. The van der Waals surface area contributed by atoms with Gasteiger partial charge in [-0.1, -0.05) is 31.5 Å². The first-order chi connectivity index (χ1) is 8.10. The van der Waals surface area contributed by atoms with Crippen LogP contribution >= 0.6 is 11.6 Å². The van der Waals surface area contributed by atoms with Crippen LogP contribution in [-0.4, -0.2) is 13.1 Å². The van der Waals surface area contributed by atoms with Crippen molar-refractivity contribution in [2.24, 2.45) is 5.92 Å². The second-order valence-electron chi connectivity index (χ2n) is 5.06. The zero-order valence-corrected chi connectivity index (χ0v) is 11.1. The Labute approximate surface area is 107 Å². The Morgan fingerprint density at radius 3 is 2.76 bits per heavy atom. The molecule has 1 N–H and O–H groups in total. The molecule has 1 aliphatic carbocycles. The summed E-state index contributed by atoms with van der Waals surface area (Å²) in [4.78, 5) is 0. The lowest BCUT2D eigenvalue weighted by atomic mass is 9.93. The number of nitrogens with one attached hydrogen (secondary N) is 1. The second-order valence-corrected chi connectivity index (χ2v) is 5.47. The van der Waals surface area contributed by atoms with E-state index < -0.39 is 0 Å². The SMILES string of the molecule is CCCNCC1(c2ccc(F)cc2Cl)CC1C. The molecule has 0 aromatic heterocycles. The molecule has 1 aromatic rings. The van der Waals surface area contributed by atoms with Gasteiger partial charge in [0.05, 0.1) is 0 Å². The van der Waals surface area contributed by atoms with Crippen molar-refractivity contribution >= 4 is 11.6 Å². The zero-order chi connectivity index (χ0) is 12.5. The predicted molar refractivity (Wildman–Crippen MR) is 70.0 cm³/mol. The van der Waals surface area contributed by atoms with Crippen LogP contribution in [0, 0.1) is 11.7 Å². The third-order valence-corrected chi connectivity index (χ3v) is 4.10. The molecule has 2 atom stereocenters. The van der Waals surface area contributed by atoms with E-state index in [0.717, 1.165) is 31.5 Å². The summed E-state index contributed by atoms with van der Waals surface area (Å²) in [5, 5.41) is 4.02. The first-order valence-electron chi connectivity index (χ1n) is 6.26. The van der Waals surface area contributed by atoms with Gasteiger partial charge in [0.25, 0.3) is 0 Å². The number of hydrogen-bond donors (Lipinski definition) is 1. The third kappa shape index (κ3) is 2.48. The predicted octanol–water partition coefficient (Wildman–Crippen LogP) is 3.76. The molecule has 94 valence electrons. The molecule has 0 aliphatic heterocycles. The lowest BCUT2D eigenvalue weighted by Gasteiger charge is -2.19. The van der Waals surface area contributed by atoms with E-state index in [1.807, 2.05) is 6.07 Å². The maximum absolute atomic E-state index is 13.1. The van der Waals surface area contributed by atoms with Gasteiger partial charge in [0.1, 0.15) is 5.82 Å². The number of hydrogen-bond acceptors (Lipinski definition) is 1. The van der Waals surface area contributed by atoms with Crippen molar-refractivity contribution in [2.45, 2.75) is 32.1 Å². The molecule has 3 heteroatoms. The Kier molecular flexibility index (Phi) is 3.74. The Morgan fingerprint density at radius 2 is 2.24 bits per heavy atom. The maximum atomic E-state index is 13.1. The minimum absolute atomic E-state index is 0.125. The van der Waals surface area contributed by atoms with E-state index >= 15 is 0 Å². The van der Waals surface area contributed by atoms with Gasteiger partial charge in [-0.15, -0.1) is 0 Å². The molecule has 0 amide bonds. The Morgan fingerprint density at radius 1 is 1.53 bits per heavy atom. The summed E-state index contributed by atoms with van der Waals surface area (Å²) in [5.41, 5.74) is 1.22. The number of rotatable bonds is 5. The van der Waals surface area contributed by atoms with Crippen LogP contribution in [0.2, 0.25) is 5.02 Å². The Hall–Kier alpha value is -0.600.